The summed E-state index contributed by atoms with van der Waals surface area (Å²) >= 11 is 0. The fourth-order valence-corrected chi connectivity index (χ4v) is 4.21. The molecule has 4 nitrogen and oxygen atoms in total. The van der Waals surface area contributed by atoms with E-state index in [1.54, 1.807) is 0 Å². The van der Waals surface area contributed by atoms with Gasteiger partial charge in [0.25, 0.3) is 5.91 Å². The standard InChI is InChI=1S/C19H26N2O2/c1-14-10-15(2)12-16(11-14)18(23)21-9-5-8-19(13-21)7-4-6-17(22)20(19)3/h10-12H,4-9,13H2,1-3H3/t19-/m0/s1. The fourth-order valence-electron chi connectivity index (χ4n) is 4.21. The number of likely N-dealkylation sites (N-methyl/N-ethyl adjacent to an activating group) is 1. The van der Waals surface area contributed by atoms with Crippen LogP contribution in [0.2, 0.25) is 0 Å². The molecule has 0 radical (unpaired) electrons. The lowest BCUT2D eigenvalue weighted by Crippen LogP contribution is -2.61. The lowest BCUT2D eigenvalue weighted by molar-refractivity contribution is -0.142. The first-order valence-corrected chi connectivity index (χ1v) is 8.56. The monoisotopic (exact) mass is 314 g/mol. The van der Waals surface area contributed by atoms with Crippen molar-refractivity contribution in [1.82, 2.24) is 9.80 Å². The van der Waals surface area contributed by atoms with Gasteiger partial charge in [-0.2, -0.15) is 0 Å². The molecule has 0 unspecified atom stereocenters. The Morgan fingerprint density at radius 1 is 1.09 bits per heavy atom. The summed E-state index contributed by atoms with van der Waals surface area (Å²) in [4.78, 5) is 28.9. The zero-order valence-corrected chi connectivity index (χ0v) is 14.4. The average Bonchev–Trinajstić information content (AvgIpc) is 2.51. The van der Waals surface area contributed by atoms with Gasteiger partial charge >= 0.3 is 0 Å². The van der Waals surface area contributed by atoms with Crippen molar-refractivity contribution in [2.45, 2.75) is 51.5 Å². The summed E-state index contributed by atoms with van der Waals surface area (Å²) in [6.07, 6.45) is 4.56. The van der Waals surface area contributed by atoms with Crippen molar-refractivity contribution < 1.29 is 9.59 Å². The predicted molar refractivity (Wildman–Crippen MR) is 90.4 cm³/mol. The summed E-state index contributed by atoms with van der Waals surface area (Å²) in [7, 11) is 1.91. The molecule has 1 spiro atoms. The van der Waals surface area contributed by atoms with Gasteiger partial charge in [-0.3, -0.25) is 9.59 Å². The number of amides is 2. The maximum atomic E-state index is 12.9. The van der Waals surface area contributed by atoms with Crippen LogP contribution in [0.3, 0.4) is 0 Å². The molecule has 23 heavy (non-hydrogen) atoms. The van der Waals surface area contributed by atoms with Crippen LogP contribution in [-0.2, 0) is 4.79 Å². The molecule has 1 atom stereocenters. The van der Waals surface area contributed by atoms with Crippen LogP contribution in [-0.4, -0.2) is 47.3 Å². The van der Waals surface area contributed by atoms with Crippen LogP contribution in [0.25, 0.3) is 0 Å². The van der Waals surface area contributed by atoms with Gasteiger partial charge in [0.15, 0.2) is 0 Å². The van der Waals surface area contributed by atoms with Gasteiger partial charge in [0.05, 0.1) is 5.54 Å². The van der Waals surface area contributed by atoms with Crippen molar-refractivity contribution in [3.63, 3.8) is 0 Å². The second-order valence-electron chi connectivity index (χ2n) is 7.24. The topological polar surface area (TPSA) is 40.6 Å². The fraction of sp³-hybridized carbons (Fsp3) is 0.579. The zero-order chi connectivity index (χ0) is 16.6. The van der Waals surface area contributed by atoms with Gasteiger partial charge in [-0.1, -0.05) is 17.2 Å². The number of piperidine rings is 2. The number of likely N-dealkylation sites (tertiary alicyclic amines) is 2. The van der Waals surface area contributed by atoms with E-state index in [0.717, 1.165) is 48.9 Å². The highest BCUT2D eigenvalue weighted by Crippen LogP contribution is 2.36. The van der Waals surface area contributed by atoms with Crippen molar-refractivity contribution in [3.05, 3.63) is 34.9 Å². The third-order valence-electron chi connectivity index (χ3n) is 5.43. The molecule has 0 saturated carbocycles. The van der Waals surface area contributed by atoms with Gasteiger partial charge in [0.2, 0.25) is 5.91 Å². The zero-order valence-electron chi connectivity index (χ0n) is 14.4. The molecule has 0 N–H and O–H groups in total. The Bertz CT molecular complexity index is 616. The van der Waals surface area contributed by atoms with Crippen LogP contribution in [0.15, 0.2) is 18.2 Å². The lowest BCUT2D eigenvalue weighted by Gasteiger charge is -2.50. The van der Waals surface area contributed by atoms with E-state index < -0.39 is 0 Å². The first-order chi connectivity index (χ1) is 10.9. The maximum Gasteiger partial charge on any atom is 0.253 e. The third-order valence-corrected chi connectivity index (χ3v) is 5.43. The van der Waals surface area contributed by atoms with Crippen LogP contribution < -0.4 is 0 Å². The molecule has 0 aliphatic carbocycles. The molecule has 4 heteroatoms. The van der Waals surface area contributed by atoms with Crippen LogP contribution in [0, 0.1) is 13.8 Å². The van der Waals surface area contributed by atoms with Crippen LogP contribution in [0.4, 0.5) is 0 Å². The average molecular weight is 314 g/mol. The predicted octanol–water partition coefficient (Wildman–Crippen LogP) is 2.92. The molecule has 0 aromatic heterocycles. The first-order valence-electron chi connectivity index (χ1n) is 8.56. The molecule has 0 bridgehead atoms. The highest BCUT2D eigenvalue weighted by atomic mass is 16.2. The Labute approximate surface area is 138 Å². The quantitative estimate of drug-likeness (QED) is 0.799. The first kappa shape index (κ1) is 16.0. The highest BCUT2D eigenvalue weighted by Gasteiger charge is 2.44. The van der Waals surface area contributed by atoms with E-state index in [1.165, 1.54) is 0 Å². The van der Waals surface area contributed by atoms with Crippen LogP contribution in [0.1, 0.15) is 53.6 Å². The summed E-state index contributed by atoms with van der Waals surface area (Å²) in [6, 6.07) is 6.01. The van der Waals surface area contributed by atoms with Crippen molar-refractivity contribution in [1.29, 1.82) is 0 Å². The number of carbonyl (C=O) groups excluding carboxylic acids is 2. The number of hydrogen-bond donors (Lipinski definition) is 0. The third kappa shape index (κ3) is 2.99. The minimum Gasteiger partial charge on any atom is -0.338 e. The molecule has 2 fully saturated rings. The molecule has 2 aliphatic rings. The number of aryl methyl sites for hydroxylation is 2. The van der Waals surface area contributed by atoms with Crippen LogP contribution >= 0.6 is 0 Å². The van der Waals surface area contributed by atoms with E-state index in [4.69, 9.17) is 0 Å². The van der Waals surface area contributed by atoms with Crippen molar-refractivity contribution in [3.8, 4) is 0 Å². The molecule has 2 heterocycles. The Kier molecular flexibility index (Phi) is 4.17. The Hall–Kier alpha value is -1.84. The molecule has 2 aliphatic heterocycles. The molecule has 2 saturated heterocycles. The Morgan fingerprint density at radius 3 is 2.43 bits per heavy atom. The van der Waals surface area contributed by atoms with Gasteiger partial charge in [0, 0.05) is 32.1 Å². The van der Waals surface area contributed by atoms with E-state index in [0.29, 0.717) is 13.0 Å². The summed E-state index contributed by atoms with van der Waals surface area (Å²) < 4.78 is 0. The minimum atomic E-state index is -0.151. The van der Waals surface area contributed by atoms with Gasteiger partial charge in [-0.25, -0.2) is 0 Å². The number of hydrogen-bond acceptors (Lipinski definition) is 2. The van der Waals surface area contributed by atoms with E-state index in [1.807, 2.05) is 42.8 Å². The van der Waals surface area contributed by atoms with Gasteiger partial charge in [-0.05, 0) is 51.7 Å². The summed E-state index contributed by atoms with van der Waals surface area (Å²) in [5, 5.41) is 0. The molecule has 1 aromatic rings. The summed E-state index contributed by atoms with van der Waals surface area (Å²) in [5.41, 5.74) is 2.85. The second kappa shape index (κ2) is 5.99. The largest absolute Gasteiger partial charge is 0.338 e. The van der Waals surface area contributed by atoms with E-state index in [-0.39, 0.29) is 17.4 Å². The number of rotatable bonds is 1. The van der Waals surface area contributed by atoms with Gasteiger partial charge in [0.1, 0.15) is 0 Å². The van der Waals surface area contributed by atoms with Gasteiger partial charge in [-0.15, -0.1) is 0 Å². The number of carbonyl (C=O) groups is 2. The van der Waals surface area contributed by atoms with E-state index >= 15 is 0 Å². The smallest absolute Gasteiger partial charge is 0.253 e. The molecular weight excluding hydrogens is 288 g/mol. The molecule has 3 rings (SSSR count). The van der Waals surface area contributed by atoms with Crippen molar-refractivity contribution in [2.75, 3.05) is 20.1 Å². The SMILES string of the molecule is Cc1cc(C)cc(C(=O)N2CCC[C@@]3(CCCC(=O)N3C)C2)c1. The summed E-state index contributed by atoms with van der Waals surface area (Å²) in [5.74, 6) is 0.319. The van der Waals surface area contributed by atoms with Crippen molar-refractivity contribution >= 4 is 11.8 Å². The minimum absolute atomic E-state index is 0.0993. The molecule has 124 valence electrons. The Morgan fingerprint density at radius 2 is 1.74 bits per heavy atom. The maximum absolute atomic E-state index is 12.9. The van der Waals surface area contributed by atoms with E-state index in [9.17, 15) is 9.59 Å². The van der Waals surface area contributed by atoms with Gasteiger partial charge < -0.3 is 9.80 Å². The molecule has 1 aromatic carbocycles. The number of benzene rings is 1. The normalized spacial score (nSPS) is 25.1. The highest BCUT2D eigenvalue weighted by molar-refractivity contribution is 5.94. The lowest BCUT2D eigenvalue weighted by atomic mass is 9.80. The van der Waals surface area contributed by atoms with Crippen LogP contribution in [0.5, 0.6) is 0 Å². The van der Waals surface area contributed by atoms with E-state index in [2.05, 4.69) is 6.07 Å². The summed E-state index contributed by atoms with van der Waals surface area (Å²) in [6.45, 7) is 5.50. The Balaban J connectivity index is 1.83. The number of nitrogens with zero attached hydrogens (tertiary/aromatic N) is 2. The van der Waals surface area contributed by atoms with Crippen molar-refractivity contribution in [2.24, 2.45) is 0 Å². The molecular formula is C19H26N2O2. The molecule has 2 amide bonds. The second-order valence-corrected chi connectivity index (χ2v) is 7.24.